The molecule has 1 unspecified atom stereocenters. The molecule has 1 aliphatic heterocycles. The summed E-state index contributed by atoms with van der Waals surface area (Å²) in [6, 6.07) is 0. The van der Waals surface area contributed by atoms with Crippen LogP contribution in [-0.2, 0) is 0 Å². The number of rotatable bonds is 4. The Balaban J connectivity index is 2.24. The summed E-state index contributed by atoms with van der Waals surface area (Å²) in [5.41, 5.74) is 1.77. The lowest BCUT2D eigenvalue weighted by Gasteiger charge is -2.30. The van der Waals surface area contributed by atoms with Gasteiger partial charge in [0.15, 0.2) is 0 Å². The van der Waals surface area contributed by atoms with E-state index in [4.69, 9.17) is 0 Å². The van der Waals surface area contributed by atoms with E-state index in [9.17, 15) is 0 Å². The highest BCUT2D eigenvalue weighted by atomic mass is 15.1. The van der Waals surface area contributed by atoms with Crippen molar-refractivity contribution >= 4 is 0 Å². The molecule has 0 saturated carbocycles. The molecule has 0 saturated heterocycles. The third kappa shape index (κ3) is 5.66. The van der Waals surface area contributed by atoms with E-state index in [1.54, 1.807) is 0 Å². The van der Waals surface area contributed by atoms with Gasteiger partial charge in [0.2, 0.25) is 0 Å². The first-order valence-electron chi connectivity index (χ1n) is 6.50. The van der Waals surface area contributed by atoms with Gasteiger partial charge in [-0.05, 0) is 46.6 Å². The number of hydrogen-bond acceptors (Lipinski definition) is 2. The average Bonchev–Trinajstić information content (AvgIpc) is 2.14. The Morgan fingerprint density at radius 3 is 2.69 bits per heavy atom. The predicted octanol–water partition coefficient (Wildman–Crippen LogP) is 2.66. The van der Waals surface area contributed by atoms with Gasteiger partial charge in [0.05, 0.1) is 0 Å². The summed E-state index contributed by atoms with van der Waals surface area (Å²) in [4.78, 5) is 2.57. The quantitative estimate of drug-likeness (QED) is 0.739. The van der Waals surface area contributed by atoms with Crippen LogP contribution < -0.4 is 5.32 Å². The molecule has 0 aromatic carbocycles. The Morgan fingerprint density at radius 1 is 1.44 bits per heavy atom. The normalized spacial score (nSPS) is 20.7. The molecule has 1 heterocycles. The lowest BCUT2D eigenvalue weighted by atomic mass is 10.0. The summed E-state index contributed by atoms with van der Waals surface area (Å²) in [7, 11) is 0. The maximum atomic E-state index is 3.58. The number of nitrogens with zero attached hydrogens (tertiary/aromatic N) is 1. The maximum Gasteiger partial charge on any atom is 0.0190 e. The van der Waals surface area contributed by atoms with Gasteiger partial charge in [-0.15, -0.1) is 0 Å². The molecule has 0 radical (unpaired) electrons. The largest absolute Gasteiger partial charge is 0.312 e. The molecule has 1 aliphatic rings. The van der Waals surface area contributed by atoms with Crippen LogP contribution in [0.4, 0.5) is 0 Å². The molecule has 16 heavy (non-hydrogen) atoms. The third-order valence-corrected chi connectivity index (χ3v) is 2.96. The first kappa shape index (κ1) is 13.7. The van der Waals surface area contributed by atoms with Crippen LogP contribution in [0, 0.1) is 5.92 Å². The minimum Gasteiger partial charge on any atom is -0.312 e. The highest BCUT2D eigenvalue weighted by molar-refractivity contribution is 5.04. The molecule has 1 N–H and O–H groups in total. The van der Waals surface area contributed by atoms with Gasteiger partial charge >= 0.3 is 0 Å². The first-order valence-corrected chi connectivity index (χ1v) is 6.50. The monoisotopic (exact) mass is 224 g/mol. The molecule has 0 bridgehead atoms. The van der Waals surface area contributed by atoms with Crippen molar-refractivity contribution in [1.82, 2.24) is 10.2 Å². The van der Waals surface area contributed by atoms with Crippen LogP contribution >= 0.6 is 0 Å². The molecule has 94 valence electrons. The van der Waals surface area contributed by atoms with Crippen molar-refractivity contribution in [2.75, 3.05) is 26.2 Å². The van der Waals surface area contributed by atoms with Crippen LogP contribution in [0.5, 0.6) is 0 Å². The Hall–Kier alpha value is -0.340. The van der Waals surface area contributed by atoms with Crippen molar-refractivity contribution < 1.29 is 0 Å². The van der Waals surface area contributed by atoms with Crippen molar-refractivity contribution in [3.05, 3.63) is 11.6 Å². The molecule has 0 spiro atoms. The van der Waals surface area contributed by atoms with Crippen molar-refractivity contribution in [3.8, 4) is 0 Å². The standard InChI is InChI=1S/C14H28N2/c1-12-7-6-8-16(10-12)11-13(2)9-15-14(3,4)5/h7,13,15H,6,8-11H2,1-5H3. The molecular formula is C14H28N2. The van der Waals surface area contributed by atoms with Crippen molar-refractivity contribution in [1.29, 1.82) is 0 Å². The number of hydrogen-bond donors (Lipinski definition) is 1. The summed E-state index contributed by atoms with van der Waals surface area (Å²) in [6.07, 6.45) is 3.60. The van der Waals surface area contributed by atoms with Gasteiger partial charge in [-0.1, -0.05) is 18.6 Å². The zero-order chi connectivity index (χ0) is 12.2. The van der Waals surface area contributed by atoms with Crippen molar-refractivity contribution in [3.63, 3.8) is 0 Å². The fraction of sp³-hybridized carbons (Fsp3) is 0.857. The molecule has 0 aliphatic carbocycles. The van der Waals surface area contributed by atoms with E-state index < -0.39 is 0 Å². The Labute approximate surface area is 101 Å². The molecule has 1 rings (SSSR count). The van der Waals surface area contributed by atoms with Crippen LogP contribution in [0.25, 0.3) is 0 Å². The zero-order valence-corrected chi connectivity index (χ0v) is 11.6. The van der Waals surface area contributed by atoms with E-state index in [2.05, 4.69) is 50.9 Å². The zero-order valence-electron chi connectivity index (χ0n) is 11.6. The SMILES string of the molecule is CC1=CCCN(CC(C)CNC(C)(C)C)C1. The molecule has 0 aromatic rings. The number of nitrogens with one attached hydrogen (secondary N) is 1. The minimum atomic E-state index is 0.242. The van der Waals surface area contributed by atoms with Gasteiger partial charge in [-0.25, -0.2) is 0 Å². The second kappa shape index (κ2) is 5.83. The topological polar surface area (TPSA) is 15.3 Å². The highest BCUT2D eigenvalue weighted by Gasteiger charge is 2.15. The van der Waals surface area contributed by atoms with E-state index >= 15 is 0 Å². The van der Waals surface area contributed by atoms with Crippen LogP contribution in [-0.4, -0.2) is 36.6 Å². The molecule has 2 heteroatoms. The van der Waals surface area contributed by atoms with Crippen LogP contribution in [0.1, 0.15) is 41.0 Å². The second-order valence-corrected chi connectivity index (χ2v) is 6.31. The Kier molecular flexibility index (Phi) is 5.00. The van der Waals surface area contributed by atoms with E-state index in [1.807, 2.05) is 0 Å². The van der Waals surface area contributed by atoms with E-state index in [1.165, 1.54) is 31.6 Å². The third-order valence-electron chi connectivity index (χ3n) is 2.96. The van der Waals surface area contributed by atoms with Crippen molar-refractivity contribution in [2.45, 2.75) is 46.6 Å². The van der Waals surface area contributed by atoms with Crippen LogP contribution in [0.15, 0.2) is 11.6 Å². The lowest BCUT2D eigenvalue weighted by Crippen LogP contribution is -2.42. The van der Waals surface area contributed by atoms with Gasteiger partial charge in [0.25, 0.3) is 0 Å². The molecule has 2 nitrogen and oxygen atoms in total. The summed E-state index contributed by atoms with van der Waals surface area (Å²) in [6.45, 7) is 16.0. The maximum absolute atomic E-state index is 3.58. The van der Waals surface area contributed by atoms with Gasteiger partial charge in [0, 0.05) is 25.2 Å². The van der Waals surface area contributed by atoms with Gasteiger partial charge in [-0.2, -0.15) is 0 Å². The van der Waals surface area contributed by atoms with Crippen LogP contribution in [0.2, 0.25) is 0 Å². The first-order chi connectivity index (χ1) is 7.37. The Morgan fingerprint density at radius 2 is 2.12 bits per heavy atom. The molecular weight excluding hydrogens is 196 g/mol. The summed E-state index contributed by atoms with van der Waals surface area (Å²) in [5.74, 6) is 0.727. The molecule has 0 aromatic heterocycles. The fourth-order valence-electron chi connectivity index (χ4n) is 2.13. The van der Waals surface area contributed by atoms with Crippen LogP contribution in [0.3, 0.4) is 0 Å². The predicted molar refractivity (Wildman–Crippen MR) is 71.7 cm³/mol. The van der Waals surface area contributed by atoms with E-state index in [0.717, 1.165) is 12.5 Å². The van der Waals surface area contributed by atoms with Gasteiger partial charge in [0.1, 0.15) is 0 Å². The molecule has 1 atom stereocenters. The van der Waals surface area contributed by atoms with Gasteiger partial charge < -0.3 is 5.32 Å². The van der Waals surface area contributed by atoms with E-state index in [-0.39, 0.29) is 5.54 Å². The smallest absolute Gasteiger partial charge is 0.0190 e. The highest BCUT2D eigenvalue weighted by Crippen LogP contribution is 2.11. The summed E-state index contributed by atoms with van der Waals surface area (Å²) in [5, 5.41) is 3.58. The van der Waals surface area contributed by atoms with E-state index in [0.29, 0.717) is 0 Å². The summed E-state index contributed by atoms with van der Waals surface area (Å²) < 4.78 is 0. The summed E-state index contributed by atoms with van der Waals surface area (Å²) >= 11 is 0. The molecule has 0 amide bonds. The lowest BCUT2D eigenvalue weighted by molar-refractivity contribution is 0.239. The van der Waals surface area contributed by atoms with Crippen molar-refractivity contribution in [2.24, 2.45) is 5.92 Å². The average molecular weight is 224 g/mol. The molecule has 0 fully saturated rings. The Bertz CT molecular complexity index is 238. The van der Waals surface area contributed by atoms with Gasteiger partial charge in [-0.3, -0.25) is 4.90 Å². The second-order valence-electron chi connectivity index (χ2n) is 6.31. The minimum absolute atomic E-state index is 0.242. The fourth-order valence-corrected chi connectivity index (χ4v) is 2.13.